The average Bonchev–Trinajstić information content (AvgIpc) is 2.63. The summed E-state index contributed by atoms with van der Waals surface area (Å²) in [4.78, 5) is 2.15. The number of para-hydroxylation sites is 1. The maximum absolute atomic E-state index is 14.4. The molecule has 0 saturated heterocycles. The largest absolute Gasteiger partial charge is 0.403 e. The fourth-order valence-electron chi connectivity index (χ4n) is 3.32. The highest BCUT2D eigenvalue weighted by Crippen LogP contribution is 2.29. The zero-order valence-electron chi connectivity index (χ0n) is 13.6. The van der Waals surface area contributed by atoms with Crippen molar-refractivity contribution < 1.29 is 8.78 Å². The molecule has 1 aliphatic rings. The van der Waals surface area contributed by atoms with E-state index in [-0.39, 0.29) is 6.85 Å². The van der Waals surface area contributed by atoms with E-state index in [4.69, 9.17) is 0 Å². The molecule has 3 aromatic carbocycles. The van der Waals surface area contributed by atoms with Crippen LogP contribution in [-0.2, 0) is 6.54 Å². The summed E-state index contributed by atoms with van der Waals surface area (Å²) >= 11 is 0. The predicted molar refractivity (Wildman–Crippen MR) is 99.8 cm³/mol. The highest BCUT2D eigenvalue weighted by atomic mass is 19.1. The molecule has 4 heteroatoms. The molecule has 0 spiro atoms. The zero-order chi connectivity index (χ0) is 17.2. The van der Waals surface area contributed by atoms with Gasteiger partial charge in [0.2, 0.25) is 0 Å². The van der Waals surface area contributed by atoms with Gasteiger partial charge in [0.25, 0.3) is 0 Å². The van der Waals surface area contributed by atoms with E-state index < -0.39 is 11.6 Å². The Morgan fingerprint density at radius 1 is 0.840 bits per heavy atom. The van der Waals surface area contributed by atoms with Crippen molar-refractivity contribution in [2.24, 2.45) is 0 Å². The predicted octanol–water partition coefficient (Wildman–Crippen LogP) is 4.44. The topological polar surface area (TPSA) is 3.24 Å². The van der Waals surface area contributed by atoms with E-state index in [0.29, 0.717) is 12.0 Å². The second-order valence-electron chi connectivity index (χ2n) is 6.14. The number of rotatable bonds is 3. The third-order valence-electron chi connectivity index (χ3n) is 4.52. The molecule has 3 aromatic rings. The number of nitrogens with zero attached hydrogens (tertiary/aromatic N) is 1. The van der Waals surface area contributed by atoms with E-state index >= 15 is 0 Å². The minimum Gasteiger partial charge on any atom is -0.403 e. The molecule has 0 aromatic heterocycles. The van der Waals surface area contributed by atoms with Crippen molar-refractivity contribution in [2.45, 2.75) is 6.54 Å². The molecule has 25 heavy (non-hydrogen) atoms. The lowest BCUT2D eigenvalue weighted by Gasteiger charge is -2.34. The van der Waals surface area contributed by atoms with E-state index in [1.807, 2.05) is 54.5 Å². The van der Waals surface area contributed by atoms with E-state index in [0.717, 1.165) is 22.9 Å². The summed E-state index contributed by atoms with van der Waals surface area (Å²) < 4.78 is 27.7. The van der Waals surface area contributed by atoms with Crippen LogP contribution in [0, 0.1) is 11.6 Å². The first-order chi connectivity index (χ1) is 12.2. The van der Waals surface area contributed by atoms with Gasteiger partial charge >= 0.3 is 6.85 Å². The summed E-state index contributed by atoms with van der Waals surface area (Å²) in [6.45, 7) is 0.361. The lowest BCUT2D eigenvalue weighted by Crippen LogP contribution is -2.49. The van der Waals surface area contributed by atoms with Gasteiger partial charge in [-0.3, -0.25) is 0 Å². The van der Waals surface area contributed by atoms with Crippen molar-refractivity contribution in [2.75, 3.05) is 4.81 Å². The van der Waals surface area contributed by atoms with E-state index in [1.165, 1.54) is 12.1 Å². The Bertz CT molecular complexity index is 924. The Morgan fingerprint density at radius 2 is 1.60 bits per heavy atom. The first-order valence-electron chi connectivity index (χ1n) is 8.25. The van der Waals surface area contributed by atoms with Gasteiger partial charge in [0, 0.05) is 18.3 Å². The van der Waals surface area contributed by atoms with Crippen molar-refractivity contribution in [3.05, 3.63) is 102 Å². The van der Waals surface area contributed by atoms with Gasteiger partial charge < -0.3 is 4.81 Å². The van der Waals surface area contributed by atoms with Gasteiger partial charge in [-0.1, -0.05) is 66.6 Å². The maximum Gasteiger partial charge on any atom is 0.319 e. The fourth-order valence-corrected chi connectivity index (χ4v) is 3.32. The van der Waals surface area contributed by atoms with Crippen LogP contribution in [-0.4, -0.2) is 6.85 Å². The highest BCUT2D eigenvalue weighted by molar-refractivity contribution is 6.82. The minimum absolute atomic E-state index is 0.282. The molecule has 0 fully saturated rings. The first kappa shape index (κ1) is 15.6. The van der Waals surface area contributed by atoms with Crippen LogP contribution in [0.4, 0.5) is 14.5 Å². The van der Waals surface area contributed by atoms with E-state index in [2.05, 4.69) is 16.9 Å². The summed E-state index contributed by atoms with van der Waals surface area (Å²) in [5.74, 6) is 0.893. The Balaban J connectivity index is 1.79. The van der Waals surface area contributed by atoms with Gasteiger partial charge in [-0.2, -0.15) is 0 Å². The molecule has 1 aliphatic heterocycles. The van der Waals surface area contributed by atoms with Gasteiger partial charge in [-0.15, -0.1) is 0 Å². The molecule has 0 N–H and O–H groups in total. The quantitative estimate of drug-likeness (QED) is 0.642. The normalized spacial score (nSPS) is 13.0. The number of hydrogen-bond donors (Lipinski definition) is 0. The average molecular weight is 331 g/mol. The van der Waals surface area contributed by atoms with Crippen LogP contribution in [0.1, 0.15) is 11.1 Å². The Labute approximate surface area is 146 Å². The standard InChI is InChI=1S/C21H16BF2N/c23-18-10-11-19(20(24)14-18)22-13-12-17-8-4-5-9-21(17)25(22)15-16-6-2-1-3-7-16/h1-14H,15H2. The summed E-state index contributed by atoms with van der Waals surface area (Å²) in [5.41, 5.74) is 3.75. The van der Waals surface area contributed by atoms with Crippen LogP contribution in [0.5, 0.6) is 0 Å². The molecule has 122 valence electrons. The molecule has 0 saturated carbocycles. The van der Waals surface area contributed by atoms with Gasteiger partial charge in [0.1, 0.15) is 11.6 Å². The third kappa shape index (κ3) is 3.08. The van der Waals surface area contributed by atoms with Crippen molar-refractivity contribution in [1.82, 2.24) is 0 Å². The molecular formula is C21H16BF2N. The van der Waals surface area contributed by atoms with Crippen molar-refractivity contribution in [3.8, 4) is 0 Å². The number of halogens is 2. The smallest absolute Gasteiger partial charge is 0.319 e. The number of hydrogen-bond acceptors (Lipinski definition) is 1. The molecule has 0 atom stereocenters. The molecule has 0 unspecified atom stereocenters. The Hall–Kier alpha value is -2.88. The summed E-state index contributed by atoms with van der Waals surface area (Å²) in [6, 6.07) is 21.9. The van der Waals surface area contributed by atoms with Crippen molar-refractivity contribution in [1.29, 1.82) is 0 Å². The van der Waals surface area contributed by atoms with Crippen LogP contribution in [0.25, 0.3) is 6.08 Å². The fraction of sp³-hybridized carbons (Fsp3) is 0.0476. The van der Waals surface area contributed by atoms with E-state index in [9.17, 15) is 8.78 Å². The summed E-state index contributed by atoms with van der Waals surface area (Å²) in [7, 11) is 0. The number of benzene rings is 3. The van der Waals surface area contributed by atoms with Crippen molar-refractivity contribution in [3.63, 3.8) is 0 Å². The second kappa shape index (κ2) is 6.56. The van der Waals surface area contributed by atoms with Gasteiger partial charge in [-0.05, 0) is 28.7 Å². The highest BCUT2D eigenvalue weighted by Gasteiger charge is 2.30. The lowest BCUT2D eigenvalue weighted by molar-refractivity contribution is 0.588. The number of anilines is 1. The van der Waals surface area contributed by atoms with Gasteiger partial charge in [-0.25, -0.2) is 8.78 Å². The van der Waals surface area contributed by atoms with Crippen LogP contribution >= 0.6 is 0 Å². The summed E-state index contributed by atoms with van der Waals surface area (Å²) in [5, 5.41) is 0. The molecule has 0 bridgehead atoms. The van der Waals surface area contributed by atoms with Crippen LogP contribution in [0.15, 0.2) is 78.8 Å². The SMILES string of the molecule is Fc1ccc(B2C=Cc3ccccc3N2Cc2ccccc2)c(F)c1. The summed E-state index contributed by atoms with van der Waals surface area (Å²) in [6.07, 6.45) is 2.00. The van der Waals surface area contributed by atoms with Gasteiger partial charge in [0.15, 0.2) is 0 Å². The van der Waals surface area contributed by atoms with Crippen LogP contribution in [0.2, 0.25) is 0 Å². The lowest BCUT2D eigenvalue weighted by atomic mass is 9.52. The molecule has 0 aliphatic carbocycles. The van der Waals surface area contributed by atoms with E-state index in [1.54, 1.807) is 0 Å². The van der Waals surface area contributed by atoms with Crippen LogP contribution in [0.3, 0.4) is 0 Å². The maximum atomic E-state index is 14.4. The molecule has 0 amide bonds. The third-order valence-corrected chi connectivity index (χ3v) is 4.52. The Kier molecular flexibility index (Phi) is 4.10. The second-order valence-corrected chi connectivity index (χ2v) is 6.14. The molecule has 0 radical (unpaired) electrons. The molecule has 1 nitrogen and oxygen atoms in total. The van der Waals surface area contributed by atoms with Crippen LogP contribution < -0.4 is 10.3 Å². The van der Waals surface area contributed by atoms with Crippen molar-refractivity contribution >= 4 is 24.1 Å². The molecule has 4 rings (SSSR count). The molecular weight excluding hydrogens is 315 g/mol. The monoisotopic (exact) mass is 331 g/mol. The minimum atomic E-state index is -0.559. The van der Waals surface area contributed by atoms with Gasteiger partial charge in [0.05, 0.1) is 0 Å². The zero-order valence-corrected chi connectivity index (χ0v) is 13.6. The Morgan fingerprint density at radius 3 is 2.40 bits per heavy atom. The molecule has 1 heterocycles. The first-order valence-corrected chi connectivity index (χ1v) is 8.25. The number of fused-ring (bicyclic) bond motifs is 1.